The molecular weight excluding hydrogens is 349 g/mol. The van der Waals surface area contributed by atoms with Crippen molar-refractivity contribution in [2.45, 2.75) is 38.0 Å². The largest absolute Gasteiger partial charge is 0.381 e. The standard InChI is InChI=1S/C20H24FN3O3/c21-17-3-1-2-14(10-17)12-19(25)24-7-4-15(13-24)11-18-22-20(27-23-18)16-5-8-26-9-6-16/h1-3,10,15-16H,4-9,11-13H2. The maximum atomic E-state index is 13.3. The molecule has 1 aromatic heterocycles. The van der Waals surface area contributed by atoms with Gasteiger partial charge in [-0.2, -0.15) is 4.98 Å². The lowest BCUT2D eigenvalue weighted by atomic mass is 10.0. The Bertz CT molecular complexity index is 788. The first-order chi connectivity index (χ1) is 13.2. The van der Waals surface area contributed by atoms with E-state index in [4.69, 9.17) is 9.26 Å². The van der Waals surface area contributed by atoms with Crippen LogP contribution in [0.3, 0.4) is 0 Å². The number of rotatable bonds is 5. The molecule has 0 spiro atoms. The van der Waals surface area contributed by atoms with E-state index in [1.807, 2.05) is 4.90 Å². The van der Waals surface area contributed by atoms with E-state index in [2.05, 4.69) is 10.1 Å². The van der Waals surface area contributed by atoms with Crippen molar-refractivity contribution in [2.24, 2.45) is 5.92 Å². The fourth-order valence-corrected chi connectivity index (χ4v) is 3.88. The molecule has 4 rings (SSSR count). The highest BCUT2D eigenvalue weighted by Crippen LogP contribution is 2.26. The van der Waals surface area contributed by atoms with Gasteiger partial charge in [0.2, 0.25) is 11.8 Å². The van der Waals surface area contributed by atoms with E-state index in [1.165, 1.54) is 12.1 Å². The van der Waals surface area contributed by atoms with Gasteiger partial charge >= 0.3 is 0 Å². The van der Waals surface area contributed by atoms with Crippen LogP contribution in [0.5, 0.6) is 0 Å². The van der Waals surface area contributed by atoms with Crippen LogP contribution < -0.4 is 0 Å². The number of hydrogen-bond acceptors (Lipinski definition) is 5. The van der Waals surface area contributed by atoms with Crippen LogP contribution in [0.2, 0.25) is 0 Å². The summed E-state index contributed by atoms with van der Waals surface area (Å²) in [5, 5.41) is 4.13. The molecule has 2 aliphatic rings. The van der Waals surface area contributed by atoms with Crippen molar-refractivity contribution < 1.29 is 18.4 Å². The molecule has 2 aromatic rings. The van der Waals surface area contributed by atoms with Crippen molar-refractivity contribution in [2.75, 3.05) is 26.3 Å². The summed E-state index contributed by atoms with van der Waals surface area (Å²) in [5.41, 5.74) is 0.711. The lowest BCUT2D eigenvalue weighted by Crippen LogP contribution is -2.30. The fraction of sp³-hybridized carbons (Fsp3) is 0.550. The van der Waals surface area contributed by atoms with E-state index in [1.54, 1.807) is 12.1 Å². The second-order valence-electron chi connectivity index (χ2n) is 7.44. The van der Waals surface area contributed by atoms with Crippen molar-refractivity contribution in [3.63, 3.8) is 0 Å². The van der Waals surface area contributed by atoms with Crippen LogP contribution in [-0.2, 0) is 22.4 Å². The first-order valence-electron chi connectivity index (χ1n) is 9.60. The summed E-state index contributed by atoms with van der Waals surface area (Å²) in [6.07, 6.45) is 3.73. The Hall–Kier alpha value is -2.28. The molecule has 0 N–H and O–H groups in total. The van der Waals surface area contributed by atoms with Gasteiger partial charge in [0.15, 0.2) is 5.82 Å². The molecule has 0 radical (unpaired) electrons. The van der Waals surface area contributed by atoms with Crippen molar-refractivity contribution in [1.82, 2.24) is 15.0 Å². The average Bonchev–Trinajstić information content (AvgIpc) is 3.33. The van der Waals surface area contributed by atoms with Gasteiger partial charge < -0.3 is 14.2 Å². The number of amides is 1. The van der Waals surface area contributed by atoms with E-state index in [-0.39, 0.29) is 18.1 Å². The number of carbonyl (C=O) groups excluding carboxylic acids is 1. The van der Waals surface area contributed by atoms with Gasteiger partial charge in [0, 0.05) is 38.6 Å². The number of nitrogens with zero attached hydrogens (tertiary/aromatic N) is 3. The van der Waals surface area contributed by atoms with Gasteiger partial charge in [-0.05, 0) is 42.9 Å². The topological polar surface area (TPSA) is 68.5 Å². The number of aromatic nitrogens is 2. The summed E-state index contributed by atoms with van der Waals surface area (Å²) in [4.78, 5) is 18.9. The molecule has 0 saturated carbocycles. The minimum absolute atomic E-state index is 0.0408. The number of hydrogen-bond donors (Lipinski definition) is 0. The van der Waals surface area contributed by atoms with E-state index in [0.717, 1.165) is 51.3 Å². The van der Waals surface area contributed by atoms with Gasteiger partial charge in [-0.15, -0.1) is 0 Å². The summed E-state index contributed by atoms with van der Waals surface area (Å²) in [5.74, 6) is 1.80. The predicted octanol–water partition coefficient (Wildman–Crippen LogP) is 2.74. The number of benzene rings is 1. The molecule has 1 unspecified atom stereocenters. The van der Waals surface area contributed by atoms with E-state index in [0.29, 0.717) is 29.8 Å². The molecule has 6 nitrogen and oxygen atoms in total. The van der Waals surface area contributed by atoms with Crippen LogP contribution in [0.1, 0.15) is 42.5 Å². The Morgan fingerprint density at radius 3 is 2.93 bits per heavy atom. The zero-order valence-corrected chi connectivity index (χ0v) is 15.3. The molecule has 1 amide bonds. The smallest absolute Gasteiger partial charge is 0.229 e. The minimum atomic E-state index is -0.308. The van der Waals surface area contributed by atoms with Crippen LogP contribution in [0.25, 0.3) is 0 Å². The Morgan fingerprint density at radius 1 is 1.26 bits per heavy atom. The summed E-state index contributed by atoms with van der Waals surface area (Å²) in [7, 11) is 0. The average molecular weight is 373 g/mol. The molecule has 0 aliphatic carbocycles. The van der Waals surface area contributed by atoms with Crippen molar-refractivity contribution in [1.29, 1.82) is 0 Å². The van der Waals surface area contributed by atoms with E-state index >= 15 is 0 Å². The molecule has 1 aromatic carbocycles. The Kier molecular flexibility index (Phi) is 5.48. The molecule has 2 saturated heterocycles. The molecule has 0 bridgehead atoms. The van der Waals surface area contributed by atoms with Gasteiger partial charge in [-0.3, -0.25) is 4.79 Å². The Labute approximate surface area is 157 Å². The second-order valence-corrected chi connectivity index (χ2v) is 7.44. The van der Waals surface area contributed by atoms with Crippen LogP contribution in [0.15, 0.2) is 28.8 Å². The lowest BCUT2D eigenvalue weighted by molar-refractivity contribution is -0.129. The summed E-state index contributed by atoms with van der Waals surface area (Å²) in [6.45, 7) is 2.90. The van der Waals surface area contributed by atoms with E-state index in [9.17, 15) is 9.18 Å². The second kappa shape index (κ2) is 8.17. The van der Waals surface area contributed by atoms with Crippen LogP contribution >= 0.6 is 0 Å². The summed E-state index contributed by atoms with van der Waals surface area (Å²) < 4.78 is 24.1. The summed E-state index contributed by atoms with van der Waals surface area (Å²) >= 11 is 0. The number of halogens is 1. The maximum Gasteiger partial charge on any atom is 0.229 e. The first kappa shape index (κ1) is 18.1. The molecular formula is C20H24FN3O3. The summed E-state index contributed by atoms with van der Waals surface area (Å²) in [6, 6.07) is 6.23. The highest BCUT2D eigenvalue weighted by molar-refractivity contribution is 5.79. The Balaban J connectivity index is 1.29. The Morgan fingerprint density at radius 2 is 2.11 bits per heavy atom. The fourth-order valence-electron chi connectivity index (χ4n) is 3.88. The molecule has 2 aliphatic heterocycles. The number of ether oxygens (including phenoxy) is 1. The first-order valence-corrected chi connectivity index (χ1v) is 9.60. The van der Waals surface area contributed by atoms with Gasteiger partial charge in [-0.25, -0.2) is 4.39 Å². The number of carbonyl (C=O) groups is 1. The zero-order valence-electron chi connectivity index (χ0n) is 15.3. The highest BCUT2D eigenvalue weighted by atomic mass is 19.1. The van der Waals surface area contributed by atoms with Crippen molar-refractivity contribution in [3.05, 3.63) is 47.4 Å². The maximum absolute atomic E-state index is 13.3. The van der Waals surface area contributed by atoms with Gasteiger partial charge in [-0.1, -0.05) is 17.3 Å². The lowest BCUT2D eigenvalue weighted by Gasteiger charge is -2.18. The third kappa shape index (κ3) is 4.53. The van der Waals surface area contributed by atoms with Crippen molar-refractivity contribution in [3.8, 4) is 0 Å². The van der Waals surface area contributed by atoms with Gasteiger partial charge in [0.05, 0.1) is 6.42 Å². The number of likely N-dealkylation sites (tertiary alicyclic amines) is 1. The normalized spacial score (nSPS) is 20.9. The predicted molar refractivity (Wildman–Crippen MR) is 95.6 cm³/mol. The molecule has 3 heterocycles. The quantitative estimate of drug-likeness (QED) is 0.806. The van der Waals surface area contributed by atoms with Crippen LogP contribution in [0.4, 0.5) is 4.39 Å². The highest BCUT2D eigenvalue weighted by Gasteiger charge is 2.28. The molecule has 27 heavy (non-hydrogen) atoms. The molecule has 7 heteroatoms. The van der Waals surface area contributed by atoms with Gasteiger partial charge in [0.25, 0.3) is 0 Å². The van der Waals surface area contributed by atoms with Gasteiger partial charge in [0.1, 0.15) is 5.82 Å². The molecule has 1 atom stereocenters. The molecule has 144 valence electrons. The SMILES string of the molecule is O=C(Cc1cccc(F)c1)N1CCC(Cc2noc(C3CCOCC3)n2)C1. The van der Waals surface area contributed by atoms with Crippen molar-refractivity contribution >= 4 is 5.91 Å². The third-order valence-electron chi connectivity index (χ3n) is 5.41. The molecule has 2 fully saturated rings. The third-order valence-corrected chi connectivity index (χ3v) is 5.41. The zero-order chi connectivity index (χ0) is 18.6. The van der Waals surface area contributed by atoms with Crippen LogP contribution in [0, 0.1) is 11.7 Å². The minimum Gasteiger partial charge on any atom is -0.381 e. The van der Waals surface area contributed by atoms with E-state index < -0.39 is 0 Å². The van der Waals surface area contributed by atoms with Crippen LogP contribution in [-0.4, -0.2) is 47.3 Å². The monoisotopic (exact) mass is 373 g/mol.